The summed E-state index contributed by atoms with van der Waals surface area (Å²) < 4.78 is 65.7. The summed E-state index contributed by atoms with van der Waals surface area (Å²) in [5.41, 5.74) is -1.37. The first-order chi connectivity index (χ1) is 17.7. The lowest BCUT2D eigenvalue weighted by Crippen LogP contribution is -2.53. The van der Waals surface area contributed by atoms with Crippen LogP contribution in [-0.4, -0.2) is 81.3 Å². The molecule has 5 atom stereocenters. The number of nitrogens with two attached hydrogens (primary N) is 1. The number of ether oxygens (including phenoxy) is 2. The van der Waals surface area contributed by atoms with Gasteiger partial charge in [-0.15, -0.1) is 0 Å². The van der Waals surface area contributed by atoms with Gasteiger partial charge in [-0.1, -0.05) is 6.07 Å². The van der Waals surface area contributed by atoms with Gasteiger partial charge in [-0.25, -0.2) is 19.0 Å². The topological polar surface area (TPSA) is 196 Å². The molecule has 3 aromatic rings. The zero-order chi connectivity index (χ0) is 27.8. The molecule has 0 aromatic carbocycles. The number of imidazole rings is 1. The third kappa shape index (κ3) is 3.80. The average Bonchev–Trinajstić information content (AvgIpc) is 3.07. The number of fused-ring (bicyclic) bond motifs is 2. The predicted octanol–water partition coefficient (Wildman–Crippen LogP) is 0.992. The van der Waals surface area contributed by atoms with Gasteiger partial charge in [-0.05, 0) is 23.2 Å². The zero-order valence-electron chi connectivity index (χ0n) is 18.5. The standard InChI is InChI=1S/C20H15ClF4N6O7/c21-17-29-12(26)8-13(30-17)31(5-28-8)14-9(22)19(36)10(37-14)11(19)38-18(15(32)33,16(34)35)3-6-1-2-7(27-4-6)20(23,24)25/h1-2,4-5,9-11,14,36H,3H2,(H,32,33)(H,34,35)(H2,26,29,30)/t9-,10-,11?,14-,19+/m1/s1. The van der Waals surface area contributed by atoms with Crippen molar-refractivity contribution in [2.45, 2.75) is 48.4 Å². The summed E-state index contributed by atoms with van der Waals surface area (Å²) in [4.78, 5) is 38.9. The first-order valence-corrected chi connectivity index (χ1v) is 10.9. The van der Waals surface area contributed by atoms with Crippen LogP contribution in [0.3, 0.4) is 0 Å². The van der Waals surface area contributed by atoms with Gasteiger partial charge in [0, 0.05) is 12.6 Å². The van der Waals surface area contributed by atoms with Crippen LogP contribution >= 0.6 is 11.6 Å². The Morgan fingerprint density at radius 3 is 2.42 bits per heavy atom. The molecule has 13 nitrogen and oxygen atoms in total. The largest absolute Gasteiger partial charge is 0.479 e. The van der Waals surface area contributed by atoms with E-state index in [-0.39, 0.29) is 27.8 Å². The minimum Gasteiger partial charge on any atom is -0.479 e. The van der Waals surface area contributed by atoms with Gasteiger partial charge in [0.15, 0.2) is 29.5 Å². The maximum atomic E-state index is 15.5. The highest BCUT2D eigenvalue weighted by Gasteiger charge is 2.80. The molecule has 4 heterocycles. The first-order valence-electron chi connectivity index (χ1n) is 10.5. The van der Waals surface area contributed by atoms with Gasteiger partial charge in [-0.3, -0.25) is 9.55 Å². The van der Waals surface area contributed by atoms with Gasteiger partial charge in [-0.2, -0.15) is 23.1 Å². The predicted molar refractivity (Wildman–Crippen MR) is 114 cm³/mol. The second-order valence-electron chi connectivity index (χ2n) is 8.64. The Bertz CT molecular complexity index is 1440. The molecule has 202 valence electrons. The van der Waals surface area contributed by atoms with Gasteiger partial charge >= 0.3 is 18.1 Å². The summed E-state index contributed by atoms with van der Waals surface area (Å²) in [6, 6.07) is 1.36. The molecular weight excluding hydrogens is 548 g/mol. The molecule has 18 heteroatoms. The molecular formula is C20H15ClF4N6O7. The van der Waals surface area contributed by atoms with Crippen molar-refractivity contribution in [3.8, 4) is 0 Å². The van der Waals surface area contributed by atoms with Gasteiger partial charge < -0.3 is 30.5 Å². The number of rotatable bonds is 7. The van der Waals surface area contributed by atoms with Crippen molar-refractivity contribution in [1.82, 2.24) is 24.5 Å². The van der Waals surface area contributed by atoms with Crippen molar-refractivity contribution >= 4 is 40.5 Å². The van der Waals surface area contributed by atoms with Crippen molar-refractivity contribution < 1.29 is 51.9 Å². The molecule has 1 aliphatic heterocycles. The van der Waals surface area contributed by atoms with Crippen LogP contribution in [0.5, 0.6) is 0 Å². The van der Waals surface area contributed by atoms with Crippen molar-refractivity contribution in [1.29, 1.82) is 0 Å². The smallest absolute Gasteiger partial charge is 0.433 e. The molecule has 38 heavy (non-hydrogen) atoms. The Kier molecular flexibility index (Phi) is 5.75. The zero-order valence-corrected chi connectivity index (χ0v) is 19.3. The second-order valence-corrected chi connectivity index (χ2v) is 8.98. The molecule has 0 amide bonds. The third-order valence-corrected chi connectivity index (χ3v) is 6.51. The normalized spacial score (nSPS) is 26.9. The fourth-order valence-corrected chi connectivity index (χ4v) is 4.49. The lowest BCUT2D eigenvalue weighted by atomic mass is 9.94. The number of carboxylic acids is 2. The van der Waals surface area contributed by atoms with E-state index in [1.165, 1.54) is 0 Å². The number of hydrogen-bond donors (Lipinski definition) is 4. The van der Waals surface area contributed by atoms with Crippen molar-refractivity contribution in [3.05, 3.63) is 41.2 Å². The van der Waals surface area contributed by atoms with Crippen LogP contribution in [0.1, 0.15) is 17.5 Å². The van der Waals surface area contributed by atoms with E-state index in [4.69, 9.17) is 26.8 Å². The Labute approximate surface area is 212 Å². The summed E-state index contributed by atoms with van der Waals surface area (Å²) in [6.45, 7) is 0. The van der Waals surface area contributed by atoms with Crippen molar-refractivity contribution in [2.75, 3.05) is 5.73 Å². The molecule has 3 aromatic heterocycles. The summed E-state index contributed by atoms with van der Waals surface area (Å²) >= 11 is 5.79. The minimum atomic E-state index is -4.78. The van der Waals surface area contributed by atoms with Crippen LogP contribution in [0.4, 0.5) is 23.4 Å². The maximum absolute atomic E-state index is 15.5. The number of hydrogen-bond acceptors (Lipinski definition) is 10. The van der Waals surface area contributed by atoms with Gasteiger partial charge in [0.2, 0.25) is 5.28 Å². The number of halogens is 5. The van der Waals surface area contributed by atoms with Gasteiger partial charge in [0.25, 0.3) is 5.60 Å². The lowest BCUT2D eigenvalue weighted by Gasteiger charge is -2.28. The fourth-order valence-electron chi connectivity index (χ4n) is 4.32. The number of pyridine rings is 1. The van der Waals surface area contributed by atoms with E-state index in [1.54, 1.807) is 0 Å². The molecule has 1 saturated carbocycles. The average molecular weight is 563 g/mol. The van der Waals surface area contributed by atoms with Crippen molar-refractivity contribution in [2.24, 2.45) is 0 Å². The highest BCUT2D eigenvalue weighted by Crippen LogP contribution is 2.58. The van der Waals surface area contributed by atoms with E-state index in [1.807, 2.05) is 0 Å². The molecule has 1 unspecified atom stereocenters. The Morgan fingerprint density at radius 1 is 1.21 bits per heavy atom. The van der Waals surface area contributed by atoms with E-state index in [0.29, 0.717) is 12.3 Å². The number of nitrogen functional groups attached to an aromatic ring is 1. The number of aromatic nitrogens is 5. The molecule has 0 bridgehead atoms. The molecule has 2 fully saturated rings. The van der Waals surface area contributed by atoms with Crippen LogP contribution < -0.4 is 5.73 Å². The number of carboxylic acid groups (broad SMARTS) is 2. The summed E-state index contributed by atoms with van der Waals surface area (Å²) in [6.07, 6.45) is -11.2. The van der Waals surface area contributed by atoms with E-state index in [0.717, 1.165) is 17.0 Å². The fraction of sp³-hybridized carbons (Fsp3) is 0.400. The highest BCUT2D eigenvalue weighted by molar-refractivity contribution is 6.28. The number of aliphatic hydroxyl groups is 1. The van der Waals surface area contributed by atoms with E-state index < -0.39 is 66.0 Å². The monoisotopic (exact) mass is 562 g/mol. The molecule has 2 aliphatic rings. The van der Waals surface area contributed by atoms with Gasteiger partial charge in [0.1, 0.15) is 23.4 Å². The lowest BCUT2D eigenvalue weighted by molar-refractivity contribution is -0.194. The summed E-state index contributed by atoms with van der Waals surface area (Å²) in [5, 5.41) is 30.1. The minimum absolute atomic E-state index is 0.0299. The third-order valence-electron chi connectivity index (χ3n) is 6.34. The Morgan fingerprint density at radius 2 is 1.89 bits per heavy atom. The molecule has 5 N–H and O–H groups in total. The van der Waals surface area contributed by atoms with E-state index >= 15 is 4.39 Å². The maximum Gasteiger partial charge on any atom is 0.433 e. The van der Waals surface area contributed by atoms with Crippen LogP contribution in [0, 0.1) is 0 Å². The second kappa shape index (κ2) is 8.42. The van der Waals surface area contributed by atoms with Crippen LogP contribution in [0.2, 0.25) is 5.28 Å². The van der Waals surface area contributed by atoms with E-state index in [9.17, 15) is 38.1 Å². The highest BCUT2D eigenvalue weighted by atomic mass is 35.5. The van der Waals surface area contributed by atoms with Crippen LogP contribution in [0.25, 0.3) is 11.2 Å². The summed E-state index contributed by atoms with van der Waals surface area (Å²) in [5.74, 6) is -4.21. The summed E-state index contributed by atoms with van der Waals surface area (Å²) in [7, 11) is 0. The molecule has 5 rings (SSSR count). The van der Waals surface area contributed by atoms with Crippen molar-refractivity contribution in [3.63, 3.8) is 0 Å². The quantitative estimate of drug-likeness (QED) is 0.181. The molecule has 1 aliphatic carbocycles. The molecule has 1 saturated heterocycles. The number of alkyl halides is 4. The molecule has 0 radical (unpaired) electrons. The van der Waals surface area contributed by atoms with Crippen LogP contribution in [-0.2, 0) is 31.7 Å². The Hall–Kier alpha value is -3.67. The van der Waals surface area contributed by atoms with Gasteiger partial charge in [0.05, 0.1) is 6.33 Å². The number of aliphatic carboxylic acids is 2. The number of nitrogens with zero attached hydrogens (tertiary/aromatic N) is 5. The van der Waals surface area contributed by atoms with E-state index in [2.05, 4.69) is 19.9 Å². The molecule has 0 spiro atoms. The number of carbonyl (C=O) groups is 2. The Balaban J connectivity index is 1.40. The number of anilines is 1. The van der Waals surface area contributed by atoms with Crippen LogP contribution in [0.15, 0.2) is 24.7 Å². The SMILES string of the molecule is Nc1nc(Cl)nc2c1ncn2[C@@H]1O[C@@H]2C(OC(Cc3ccc(C(F)(F)F)nc3)(C(=O)O)C(=O)O)[C@]2(O)[C@@H]1F. The first kappa shape index (κ1) is 26.0.